The summed E-state index contributed by atoms with van der Waals surface area (Å²) in [5.41, 5.74) is 4.45. The molecule has 0 aliphatic carbocycles. The summed E-state index contributed by atoms with van der Waals surface area (Å²) in [5, 5.41) is 4.17. The first-order valence-electron chi connectivity index (χ1n) is 16.0. The molecule has 0 spiro atoms. The molecule has 40 heavy (non-hydrogen) atoms. The normalized spacial score (nSPS) is 13.5. The first-order chi connectivity index (χ1) is 19.1. The Morgan fingerprint density at radius 1 is 0.800 bits per heavy atom. The van der Waals surface area contributed by atoms with Crippen molar-refractivity contribution < 1.29 is 1.37 Å². The van der Waals surface area contributed by atoms with Crippen LogP contribution in [0.15, 0.2) is 42.7 Å². The molecule has 2 heterocycles. The zero-order valence-electron chi connectivity index (χ0n) is 27.9. The van der Waals surface area contributed by atoms with Crippen molar-refractivity contribution in [2.24, 2.45) is 23.7 Å². The Kier molecular flexibility index (Phi) is 9.04. The first-order valence-corrected chi connectivity index (χ1v) is 22.1. The minimum absolute atomic E-state index is 0.136. The highest BCUT2D eigenvalue weighted by Gasteiger charge is 2.40. The predicted octanol–water partition coefficient (Wildman–Crippen LogP) is 10.0. The number of thiophene rings is 1. The lowest BCUT2D eigenvalue weighted by atomic mass is 10.0. The molecule has 0 fully saturated rings. The van der Waals surface area contributed by atoms with Gasteiger partial charge in [-0.25, -0.2) is 9.97 Å². The fourth-order valence-electron chi connectivity index (χ4n) is 7.69. The molecule has 0 aliphatic rings. The fraction of sp³-hybridized carbons (Fsp3) is 0.543. The van der Waals surface area contributed by atoms with Crippen molar-refractivity contribution in [2.75, 3.05) is 0 Å². The highest BCUT2D eigenvalue weighted by Crippen LogP contribution is 2.39. The van der Waals surface area contributed by atoms with Crippen LogP contribution in [0.1, 0.15) is 62.3 Å². The molecule has 4 rings (SSSR count). The Hall–Kier alpha value is -1.83. The van der Waals surface area contributed by atoms with Crippen molar-refractivity contribution in [3.05, 3.63) is 48.3 Å². The Labute approximate surface area is 251 Å². The minimum atomic E-state index is -1.84. The van der Waals surface area contributed by atoms with Crippen molar-refractivity contribution in [1.82, 2.24) is 9.97 Å². The number of aryl methyl sites for hydroxylation is 1. The van der Waals surface area contributed by atoms with Crippen LogP contribution in [0.4, 0.5) is 0 Å². The molecule has 2 aromatic heterocycles. The third-order valence-corrected chi connectivity index (χ3v) is 20.9. The smallest absolute Gasteiger partial charge is 0.116 e. The highest BCUT2D eigenvalue weighted by molar-refractivity contribution is 7.32. The van der Waals surface area contributed by atoms with E-state index in [0.717, 1.165) is 16.8 Å². The third-order valence-electron chi connectivity index (χ3n) is 8.32. The van der Waals surface area contributed by atoms with E-state index in [1.54, 1.807) is 4.50 Å². The van der Waals surface area contributed by atoms with E-state index in [0.29, 0.717) is 23.7 Å². The minimum Gasteiger partial charge on any atom is -0.235 e. The molecule has 0 bridgehead atoms. The van der Waals surface area contributed by atoms with Gasteiger partial charge in [0.15, 0.2) is 0 Å². The fourth-order valence-corrected chi connectivity index (χ4v) is 21.0. The second-order valence-electron chi connectivity index (χ2n) is 14.7. The van der Waals surface area contributed by atoms with E-state index < -0.39 is 16.1 Å². The molecule has 2 nitrogen and oxygen atoms in total. The molecule has 0 saturated heterocycles. The molecule has 0 N–H and O–H groups in total. The third kappa shape index (κ3) is 6.47. The molecule has 216 valence electrons. The van der Waals surface area contributed by atoms with Gasteiger partial charge in [-0.1, -0.05) is 128 Å². The quantitative estimate of drug-likeness (QED) is 0.163. The lowest BCUT2D eigenvalue weighted by molar-refractivity contribution is 0.650. The van der Waals surface area contributed by atoms with Gasteiger partial charge in [0.25, 0.3) is 0 Å². The first kappa shape index (κ1) is 29.7. The molecule has 0 saturated carbocycles. The van der Waals surface area contributed by atoms with Gasteiger partial charge in [0.05, 0.1) is 24.0 Å². The van der Waals surface area contributed by atoms with Crippen LogP contribution in [0.2, 0.25) is 37.3 Å². The summed E-state index contributed by atoms with van der Waals surface area (Å²) in [6.07, 6.45) is 0.136. The Balaban J connectivity index is 2.03. The van der Waals surface area contributed by atoms with Crippen molar-refractivity contribution in [2.45, 2.75) is 99.6 Å². The molecule has 0 amide bonds. The van der Waals surface area contributed by atoms with Crippen LogP contribution in [-0.4, -0.2) is 26.1 Å². The number of aromatic nitrogens is 2. The van der Waals surface area contributed by atoms with E-state index in [9.17, 15) is 0 Å². The van der Waals surface area contributed by atoms with Crippen LogP contribution >= 0.6 is 11.3 Å². The van der Waals surface area contributed by atoms with E-state index in [4.69, 9.17) is 11.3 Å². The van der Waals surface area contributed by atoms with Gasteiger partial charge in [-0.15, -0.1) is 11.3 Å². The van der Waals surface area contributed by atoms with Gasteiger partial charge in [0.2, 0.25) is 0 Å². The number of nitrogens with zero attached hydrogens (tertiary/aromatic N) is 2. The Morgan fingerprint density at radius 3 is 1.95 bits per heavy atom. The second kappa shape index (κ2) is 12.2. The van der Waals surface area contributed by atoms with Crippen LogP contribution in [0.5, 0.6) is 0 Å². The summed E-state index contributed by atoms with van der Waals surface area (Å²) in [7, 11) is -3.56. The lowest BCUT2D eigenvalue weighted by Gasteiger charge is -2.36. The largest absolute Gasteiger partial charge is 0.235 e. The maximum absolute atomic E-state index is 8.70. The second-order valence-corrected chi connectivity index (χ2v) is 25.1. The summed E-state index contributed by atoms with van der Waals surface area (Å²) in [5.74, 6) is 2.65. The topological polar surface area (TPSA) is 25.8 Å². The van der Waals surface area contributed by atoms with Crippen LogP contribution < -0.4 is 9.69 Å². The van der Waals surface area contributed by atoms with E-state index in [1.165, 1.54) is 50.4 Å². The molecular formula is C35H52N2SSi2. The SMILES string of the molecule is [2H]c1nc(-c2cc([Si](C)(C)CC(C)C)c3ccccc3c2)c2sc([Si](CC(C)C)(CC(C)C)CC(C)C)c(C)c2n1. The summed E-state index contributed by atoms with van der Waals surface area (Å²) < 4.78 is 11.5. The number of fused-ring (bicyclic) bond motifs is 2. The van der Waals surface area contributed by atoms with E-state index in [2.05, 4.69) is 112 Å². The zero-order chi connectivity index (χ0) is 30.3. The molecule has 2 aromatic carbocycles. The Morgan fingerprint density at radius 2 is 1.38 bits per heavy atom. The number of rotatable bonds is 11. The van der Waals surface area contributed by atoms with Crippen LogP contribution in [0, 0.1) is 30.6 Å². The van der Waals surface area contributed by atoms with E-state index >= 15 is 0 Å². The summed E-state index contributed by atoms with van der Waals surface area (Å²) >= 11 is 1.98. The highest BCUT2D eigenvalue weighted by atomic mass is 32.1. The summed E-state index contributed by atoms with van der Waals surface area (Å²) in [6, 6.07) is 18.8. The van der Waals surface area contributed by atoms with Crippen LogP contribution in [-0.2, 0) is 0 Å². The summed E-state index contributed by atoms with van der Waals surface area (Å²) in [4.78, 5) is 9.68. The maximum Gasteiger partial charge on any atom is 0.116 e. The number of hydrogen-bond acceptors (Lipinski definition) is 3. The van der Waals surface area contributed by atoms with Gasteiger partial charge in [-0.2, -0.15) is 0 Å². The molecular weight excluding hydrogens is 537 g/mol. The lowest BCUT2D eigenvalue weighted by Crippen LogP contribution is -2.50. The average molecular weight is 590 g/mol. The maximum atomic E-state index is 8.70. The predicted molar refractivity (Wildman–Crippen MR) is 186 cm³/mol. The molecule has 0 unspecified atom stereocenters. The van der Waals surface area contributed by atoms with Gasteiger partial charge in [-0.3, -0.25) is 0 Å². The van der Waals surface area contributed by atoms with Crippen molar-refractivity contribution in [1.29, 1.82) is 0 Å². The Bertz CT molecular complexity index is 1490. The van der Waals surface area contributed by atoms with Gasteiger partial charge in [0.1, 0.15) is 15.7 Å². The van der Waals surface area contributed by atoms with Gasteiger partial charge in [-0.05, 0) is 57.5 Å². The summed E-state index contributed by atoms with van der Waals surface area (Å²) in [6.45, 7) is 26.4. The standard InChI is InChI=1S/C35H52N2SSi2/c1-23(2)18-39(10,11)31-17-29(16-28-14-12-13-15-30(28)31)33-34-32(36-22-37-33)27(9)35(38-34)40(19-24(3)4,20-25(5)6)21-26(7)8/h12-17,22-26H,18-21H2,1-11H3/i22D. The van der Waals surface area contributed by atoms with E-state index in [1.807, 2.05) is 11.3 Å². The van der Waals surface area contributed by atoms with Crippen LogP contribution in [0.3, 0.4) is 0 Å². The van der Waals surface area contributed by atoms with Crippen molar-refractivity contribution in [3.63, 3.8) is 0 Å². The molecule has 0 atom stereocenters. The zero-order valence-corrected chi connectivity index (χ0v) is 29.7. The number of benzene rings is 2. The monoisotopic (exact) mass is 589 g/mol. The average Bonchev–Trinajstić information content (AvgIpc) is 3.17. The van der Waals surface area contributed by atoms with Gasteiger partial charge >= 0.3 is 0 Å². The molecule has 4 aromatic rings. The van der Waals surface area contributed by atoms with Gasteiger partial charge < -0.3 is 0 Å². The molecule has 0 aliphatic heterocycles. The number of hydrogen-bond donors (Lipinski definition) is 0. The molecule has 0 radical (unpaired) electrons. The van der Waals surface area contributed by atoms with E-state index in [-0.39, 0.29) is 6.30 Å². The van der Waals surface area contributed by atoms with Crippen molar-refractivity contribution >= 4 is 58.2 Å². The van der Waals surface area contributed by atoms with Crippen molar-refractivity contribution in [3.8, 4) is 11.3 Å². The van der Waals surface area contributed by atoms with Crippen LogP contribution in [0.25, 0.3) is 32.2 Å². The molecule has 5 heteroatoms. The van der Waals surface area contributed by atoms with Gasteiger partial charge in [0, 0.05) is 5.56 Å².